The van der Waals surface area contributed by atoms with Gasteiger partial charge in [0.2, 0.25) is 0 Å². The maximum absolute atomic E-state index is 15.2. The number of aromatic nitrogens is 6. The molecule has 0 bridgehead atoms. The van der Waals surface area contributed by atoms with Crippen LogP contribution in [0.2, 0.25) is 0 Å². The highest BCUT2D eigenvalue weighted by Crippen LogP contribution is 2.60. The van der Waals surface area contributed by atoms with Crippen LogP contribution in [0, 0.1) is 16.7 Å². The second-order valence-electron chi connectivity index (χ2n) is 15.6. The fourth-order valence-electron chi connectivity index (χ4n) is 9.37. The molecule has 47 heavy (non-hydrogen) atoms. The summed E-state index contributed by atoms with van der Waals surface area (Å²) in [4.78, 5) is 17.7. The average Bonchev–Trinajstić information content (AvgIpc) is 3.75. The third-order valence-corrected chi connectivity index (χ3v) is 13.0. The minimum Gasteiger partial charge on any atom is -0.393 e. The van der Waals surface area contributed by atoms with E-state index in [2.05, 4.69) is 41.2 Å². The van der Waals surface area contributed by atoms with Crippen molar-refractivity contribution in [2.45, 2.75) is 128 Å². The predicted molar refractivity (Wildman–Crippen MR) is 181 cm³/mol. The van der Waals surface area contributed by atoms with Crippen LogP contribution in [0.5, 0.6) is 0 Å². The van der Waals surface area contributed by atoms with Crippen LogP contribution in [0.4, 0.5) is 4.39 Å². The van der Waals surface area contributed by atoms with Crippen molar-refractivity contribution in [3.63, 3.8) is 0 Å². The third kappa shape index (κ3) is 5.54. The Morgan fingerprint density at radius 2 is 1.26 bits per heavy atom. The van der Waals surface area contributed by atoms with Crippen LogP contribution in [-0.2, 0) is 0 Å². The number of hydrogen-bond donors (Lipinski definition) is 1. The van der Waals surface area contributed by atoms with Gasteiger partial charge in [-0.2, -0.15) is 0 Å². The zero-order valence-electron chi connectivity index (χ0n) is 26.7. The monoisotopic (exact) mass is 636 g/mol. The molecule has 6 aliphatic rings. The largest absolute Gasteiger partial charge is 0.393 e. The number of rotatable bonds is 6. The van der Waals surface area contributed by atoms with Crippen molar-refractivity contribution in [1.29, 1.82) is 0 Å². The van der Waals surface area contributed by atoms with Crippen LogP contribution in [-0.4, -0.2) is 45.9 Å². The standard InChI is InChI=1S/C19H22FN3.C19H23N3O.CH4/c20-19(9-7-18(5-6-18)8-10-19)4-3-15-17-14(2-1-11-22-17)16-12-21-13-23(15)16;23-17(13-3-5-19(6-4-13)7-8-19)10-15-18-14(2-1-9-21-18)16-11-20-12-22(15)16;/h1-2,11-13,15H,3-10H2;1-2,9,11-13,15,17,23H,3-8,10H2;1H4. The highest BCUT2D eigenvalue weighted by molar-refractivity contribution is 5.67. The summed E-state index contributed by atoms with van der Waals surface area (Å²) in [7, 11) is 0. The van der Waals surface area contributed by atoms with Gasteiger partial charge in [0, 0.05) is 29.9 Å². The number of halogens is 1. The van der Waals surface area contributed by atoms with Crippen molar-refractivity contribution in [3.05, 3.63) is 73.1 Å². The van der Waals surface area contributed by atoms with Crippen LogP contribution in [0.25, 0.3) is 22.5 Å². The van der Waals surface area contributed by atoms with Crippen molar-refractivity contribution in [3.8, 4) is 22.5 Å². The van der Waals surface area contributed by atoms with Crippen LogP contribution in [0.1, 0.15) is 127 Å². The van der Waals surface area contributed by atoms with Crippen molar-refractivity contribution in [1.82, 2.24) is 29.1 Å². The fraction of sp³-hybridized carbons (Fsp3) is 0.590. The summed E-state index contributed by atoms with van der Waals surface area (Å²) in [6.45, 7) is 0. The number of pyridine rings is 2. The molecule has 248 valence electrons. The van der Waals surface area contributed by atoms with E-state index in [4.69, 9.17) is 0 Å². The summed E-state index contributed by atoms with van der Waals surface area (Å²) in [6.07, 6.45) is 27.5. The summed E-state index contributed by atoms with van der Waals surface area (Å²) >= 11 is 0. The number of aliphatic hydroxyl groups is 1. The maximum atomic E-state index is 15.2. The van der Waals surface area contributed by atoms with Crippen molar-refractivity contribution in [2.24, 2.45) is 16.7 Å². The molecule has 6 heterocycles. The van der Waals surface area contributed by atoms with Crippen molar-refractivity contribution in [2.75, 3.05) is 0 Å². The van der Waals surface area contributed by atoms with Crippen molar-refractivity contribution < 1.29 is 9.50 Å². The first kappa shape index (κ1) is 30.9. The molecular weight excluding hydrogens is 587 g/mol. The third-order valence-electron chi connectivity index (χ3n) is 13.0. The highest BCUT2D eigenvalue weighted by Gasteiger charge is 2.50. The van der Waals surface area contributed by atoms with E-state index in [9.17, 15) is 5.11 Å². The molecular formula is C39H49FN6O. The summed E-state index contributed by atoms with van der Waals surface area (Å²) in [5, 5.41) is 10.9. The van der Waals surface area contributed by atoms with Crippen LogP contribution in [0.3, 0.4) is 0 Å². The minimum atomic E-state index is -0.966. The number of nitrogens with zero attached hydrogens (tertiary/aromatic N) is 6. The van der Waals surface area contributed by atoms with Gasteiger partial charge in [-0.05, 0) is 131 Å². The number of aliphatic hydroxyl groups excluding tert-OH is 1. The first-order valence-electron chi connectivity index (χ1n) is 17.8. The number of alkyl halides is 1. The summed E-state index contributed by atoms with van der Waals surface area (Å²) < 4.78 is 19.6. The normalized spacial score (nSPS) is 26.6. The Bertz CT molecular complexity index is 1720. The molecule has 1 N–H and O–H groups in total. The van der Waals surface area contributed by atoms with Gasteiger partial charge in [0.1, 0.15) is 5.67 Å². The second kappa shape index (κ2) is 11.6. The SMILES string of the molecule is C.FC1(CCC2c3ncccc3-c3cncn32)CCC2(CC1)CC2.OC(CC1c2ncccc2-c2cncn21)C1CCC2(CC1)CC2. The molecule has 7 nitrogen and oxygen atoms in total. The summed E-state index contributed by atoms with van der Waals surface area (Å²) in [5.74, 6) is 0.459. The van der Waals surface area contributed by atoms with Crippen LogP contribution in [0.15, 0.2) is 61.7 Å². The lowest BCUT2D eigenvalue weighted by atomic mass is 9.75. The topological polar surface area (TPSA) is 81.7 Å². The number of hydrogen-bond acceptors (Lipinski definition) is 5. The molecule has 8 heteroatoms. The van der Waals surface area contributed by atoms with E-state index in [1.165, 1.54) is 56.9 Å². The Morgan fingerprint density at radius 1 is 0.745 bits per heavy atom. The second-order valence-corrected chi connectivity index (χ2v) is 15.6. The molecule has 0 aromatic carbocycles. The first-order valence-corrected chi connectivity index (χ1v) is 17.8. The first-order chi connectivity index (χ1) is 22.4. The van der Waals surface area contributed by atoms with Gasteiger partial charge in [0.05, 0.1) is 66.0 Å². The molecule has 0 amide bonds. The van der Waals surface area contributed by atoms with E-state index in [0.29, 0.717) is 23.2 Å². The van der Waals surface area contributed by atoms with E-state index < -0.39 is 5.67 Å². The zero-order chi connectivity index (χ0) is 30.9. The Hall–Kier alpha value is -3.39. The molecule has 4 aromatic rings. The van der Waals surface area contributed by atoms with E-state index in [1.807, 2.05) is 49.6 Å². The van der Waals surface area contributed by atoms with Gasteiger partial charge in [-0.25, -0.2) is 14.4 Å². The minimum absolute atomic E-state index is 0. The van der Waals surface area contributed by atoms with Crippen LogP contribution < -0.4 is 0 Å². The van der Waals surface area contributed by atoms with Crippen LogP contribution >= 0.6 is 0 Å². The van der Waals surface area contributed by atoms with Gasteiger partial charge in [0.15, 0.2) is 0 Å². The van der Waals surface area contributed by atoms with Gasteiger partial charge in [-0.3, -0.25) is 9.97 Å². The van der Waals surface area contributed by atoms with E-state index in [-0.39, 0.29) is 25.6 Å². The lowest BCUT2D eigenvalue weighted by Crippen LogP contribution is -2.31. The molecule has 4 aliphatic carbocycles. The molecule has 4 aromatic heterocycles. The molecule has 0 radical (unpaired) electrons. The fourth-order valence-corrected chi connectivity index (χ4v) is 9.37. The van der Waals surface area contributed by atoms with E-state index in [0.717, 1.165) is 66.9 Å². The molecule has 2 spiro atoms. The maximum Gasteiger partial charge on any atom is 0.111 e. The Balaban J connectivity index is 0.000000135. The Labute approximate surface area is 278 Å². The van der Waals surface area contributed by atoms with Gasteiger partial charge in [-0.1, -0.05) is 7.43 Å². The smallest absolute Gasteiger partial charge is 0.111 e. The number of fused-ring (bicyclic) bond motifs is 6. The molecule has 0 saturated heterocycles. The lowest BCUT2D eigenvalue weighted by Gasteiger charge is -2.35. The molecule has 2 aliphatic heterocycles. The van der Waals surface area contributed by atoms with Gasteiger partial charge < -0.3 is 14.2 Å². The Morgan fingerprint density at radius 3 is 1.83 bits per heavy atom. The number of imidazole rings is 2. The molecule has 10 rings (SSSR count). The summed E-state index contributed by atoms with van der Waals surface area (Å²) in [5.41, 5.74) is 7.03. The van der Waals surface area contributed by atoms with Gasteiger partial charge in [-0.15, -0.1) is 0 Å². The molecule has 3 unspecified atom stereocenters. The molecule has 4 fully saturated rings. The summed E-state index contributed by atoms with van der Waals surface area (Å²) in [6, 6.07) is 8.43. The highest BCUT2D eigenvalue weighted by atomic mass is 19.1. The lowest BCUT2D eigenvalue weighted by molar-refractivity contribution is 0.0556. The van der Waals surface area contributed by atoms with Gasteiger partial charge >= 0.3 is 0 Å². The predicted octanol–water partition coefficient (Wildman–Crippen LogP) is 8.90. The molecule has 4 saturated carbocycles. The zero-order valence-corrected chi connectivity index (χ0v) is 26.7. The average molecular weight is 637 g/mol. The van der Waals surface area contributed by atoms with Crippen molar-refractivity contribution >= 4 is 0 Å². The quantitative estimate of drug-likeness (QED) is 0.229. The Kier molecular flexibility index (Phi) is 7.66. The van der Waals surface area contributed by atoms with E-state index in [1.54, 1.807) is 0 Å². The van der Waals surface area contributed by atoms with Gasteiger partial charge in [0.25, 0.3) is 0 Å². The van der Waals surface area contributed by atoms with E-state index >= 15 is 4.39 Å². The molecule has 3 atom stereocenters.